The average molecular weight is 346 g/mol. The van der Waals surface area contributed by atoms with Crippen molar-refractivity contribution in [3.8, 4) is 11.1 Å². The highest BCUT2D eigenvalue weighted by atomic mass is 127. The summed E-state index contributed by atoms with van der Waals surface area (Å²) in [5.74, 6) is 0. The SMILES string of the molecule is I[13c]1[13cH][13cH][13c]2[13cH][13cH][13cH][13cH][13c]2[13c]1-[13c]1[13cH][13cH][13cH][13cH][13cH]1. The van der Waals surface area contributed by atoms with Crippen LogP contribution < -0.4 is 0 Å². The van der Waals surface area contributed by atoms with Crippen molar-refractivity contribution in [2.24, 2.45) is 0 Å². The fourth-order valence-electron chi connectivity index (χ4n) is 2.14. The largest absolute Gasteiger partial charge is 0.0622 e. The van der Waals surface area contributed by atoms with E-state index in [1.54, 1.807) is 0 Å². The normalized spacial score (nSPS) is 10.6. The first-order chi connectivity index (χ1) is 8.36. The van der Waals surface area contributed by atoms with Crippen molar-refractivity contribution in [1.82, 2.24) is 0 Å². The molecule has 0 heterocycles. The fraction of sp³-hybridized carbons (Fsp3) is 0. The van der Waals surface area contributed by atoms with Gasteiger partial charge in [-0.3, -0.25) is 0 Å². The first kappa shape index (κ1) is 10.8. The second-order valence-electron chi connectivity index (χ2n) is 4.01. The van der Waals surface area contributed by atoms with Crippen LogP contribution in [0.2, 0.25) is 0 Å². The molecule has 0 aliphatic carbocycles. The molecule has 0 amide bonds. The Balaban J connectivity index is 2.39. The standard InChI is InChI=1S/C16H11I/c17-15-11-10-12-6-4-5-9-14(12)16(15)13-7-2-1-3-8-13/h1-11H/i1+1,2+1,3+1,4+1,5+1,6+1,7+1,8+1,9+1,10+1,11+1,12+1,13+1,14+1,15+1,16+1. The lowest BCUT2D eigenvalue weighted by Crippen LogP contribution is -1.85. The molecule has 0 bridgehead atoms. The van der Waals surface area contributed by atoms with Gasteiger partial charge in [-0.2, -0.15) is 0 Å². The van der Waals surface area contributed by atoms with Gasteiger partial charge in [0.1, 0.15) is 0 Å². The maximum absolute atomic E-state index is 2.41. The Hall–Kier alpha value is -1.35. The molecule has 0 saturated heterocycles. The number of hydrogen-bond acceptors (Lipinski definition) is 0. The molecular formula is C16H11I. The van der Waals surface area contributed by atoms with Crippen LogP contribution in [0.3, 0.4) is 0 Å². The van der Waals surface area contributed by atoms with E-state index in [4.69, 9.17) is 0 Å². The van der Waals surface area contributed by atoms with Crippen LogP contribution in [0.25, 0.3) is 21.9 Å². The molecule has 3 aromatic carbocycles. The summed E-state index contributed by atoms with van der Waals surface area (Å²) in [5.41, 5.74) is 2.62. The Kier molecular flexibility index (Phi) is 2.85. The van der Waals surface area contributed by atoms with Crippen molar-refractivity contribution in [2.45, 2.75) is 0 Å². The van der Waals surface area contributed by atoms with E-state index in [-0.39, 0.29) is 0 Å². The second-order valence-corrected chi connectivity index (χ2v) is 5.17. The van der Waals surface area contributed by atoms with Crippen LogP contribution in [0.4, 0.5) is 0 Å². The minimum Gasteiger partial charge on any atom is -0.0622 e. The van der Waals surface area contributed by atoms with E-state index in [1.165, 1.54) is 25.5 Å². The third-order valence-corrected chi connectivity index (χ3v) is 3.84. The molecule has 0 nitrogen and oxygen atoms in total. The van der Waals surface area contributed by atoms with Crippen molar-refractivity contribution in [3.05, 3.63) is 70.3 Å². The van der Waals surface area contributed by atoms with Gasteiger partial charge in [0.05, 0.1) is 0 Å². The lowest BCUT2D eigenvalue weighted by atomic mass is 11.0. The van der Waals surface area contributed by atoms with Crippen LogP contribution >= 0.6 is 22.6 Å². The third kappa shape index (κ3) is 1.95. The van der Waals surface area contributed by atoms with Gasteiger partial charge in [0.15, 0.2) is 0 Å². The zero-order valence-electron chi connectivity index (χ0n) is 9.23. The lowest BCUT2D eigenvalue weighted by Gasteiger charge is -2.09. The van der Waals surface area contributed by atoms with Crippen LogP contribution in [-0.2, 0) is 0 Å². The number of fused-ring (bicyclic) bond motifs is 1. The molecule has 0 aromatic heterocycles. The van der Waals surface area contributed by atoms with E-state index in [0.717, 1.165) is 0 Å². The monoisotopic (exact) mass is 346 g/mol. The molecule has 0 spiro atoms. The van der Waals surface area contributed by atoms with Gasteiger partial charge in [0.25, 0.3) is 0 Å². The third-order valence-electron chi connectivity index (χ3n) is 2.94. The van der Waals surface area contributed by atoms with Crippen molar-refractivity contribution in [1.29, 1.82) is 0 Å². The van der Waals surface area contributed by atoms with Crippen molar-refractivity contribution in [3.63, 3.8) is 0 Å². The van der Waals surface area contributed by atoms with Crippen LogP contribution in [0.5, 0.6) is 0 Å². The molecule has 82 valence electrons. The Labute approximate surface area is 114 Å². The van der Waals surface area contributed by atoms with Crippen LogP contribution in [0.15, 0.2) is 66.7 Å². The molecule has 0 atom stereocenters. The quantitative estimate of drug-likeness (QED) is 0.537. The summed E-state index contributed by atoms with van der Waals surface area (Å²) >= 11 is 2.41. The maximum atomic E-state index is 2.41. The van der Waals surface area contributed by atoms with Crippen molar-refractivity contribution >= 4 is 33.4 Å². The topological polar surface area (TPSA) is 0 Å². The van der Waals surface area contributed by atoms with Gasteiger partial charge < -0.3 is 0 Å². The molecule has 0 aliphatic heterocycles. The zero-order valence-corrected chi connectivity index (χ0v) is 11.4. The highest BCUT2D eigenvalue weighted by molar-refractivity contribution is 14.1. The summed E-state index contributed by atoms with van der Waals surface area (Å²) < 4.78 is 1.30. The van der Waals surface area contributed by atoms with Gasteiger partial charge in [0.2, 0.25) is 0 Å². The molecule has 1 heteroatoms. The van der Waals surface area contributed by atoms with Crippen LogP contribution in [0.1, 0.15) is 0 Å². The molecule has 0 aliphatic rings. The van der Waals surface area contributed by atoms with Crippen LogP contribution in [-0.4, -0.2) is 0 Å². The first-order valence-corrected chi connectivity index (χ1v) is 6.67. The van der Waals surface area contributed by atoms with Gasteiger partial charge in [0, 0.05) is 9.13 Å². The van der Waals surface area contributed by atoms with Gasteiger partial charge in [-0.25, -0.2) is 0 Å². The lowest BCUT2D eigenvalue weighted by molar-refractivity contribution is 1.62. The molecule has 0 fully saturated rings. The van der Waals surface area contributed by atoms with E-state index in [0.29, 0.717) is 0 Å². The molecule has 0 unspecified atom stereocenters. The van der Waals surface area contributed by atoms with E-state index < -0.39 is 0 Å². The predicted octanol–water partition coefficient (Wildman–Crippen LogP) is 5.11. The van der Waals surface area contributed by atoms with E-state index in [1.807, 2.05) is 0 Å². The van der Waals surface area contributed by atoms with Gasteiger partial charge in [-0.1, -0.05) is 60.7 Å². The molecule has 0 N–H and O–H groups in total. The Bertz CT molecular complexity index is 657. The average Bonchev–Trinajstić information content (AvgIpc) is 2.39. The van der Waals surface area contributed by atoms with Crippen LogP contribution in [0, 0.1) is 3.57 Å². The predicted molar refractivity (Wildman–Crippen MR) is 82.1 cm³/mol. The Morgan fingerprint density at radius 3 is 2.18 bits per heavy atom. The van der Waals surface area contributed by atoms with Gasteiger partial charge in [-0.05, 0) is 45.0 Å². The highest BCUT2D eigenvalue weighted by Gasteiger charge is 2.06. The summed E-state index contributed by atoms with van der Waals surface area (Å²) in [6.45, 7) is 0. The van der Waals surface area contributed by atoms with Crippen molar-refractivity contribution in [2.75, 3.05) is 0 Å². The van der Waals surface area contributed by atoms with Crippen molar-refractivity contribution < 1.29 is 0 Å². The molecule has 3 rings (SSSR count). The second kappa shape index (κ2) is 4.49. The molecule has 17 heavy (non-hydrogen) atoms. The van der Waals surface area contributed by atoms with E-state index >= 15 is 0 Å². The maximum Gasteiger partial charge on any atom is 0.0215 e. The van der Waals surface area contributed by atoms with E-state index in [9.17, 15) is 0 Å². The summed E-state index contributed by atoms with van der Waals surface area (Å²) in [6, 6.07) is 23.5. The summed E-state index contributed by atoms with van der Waals surface area (Å²) in [4.78, 5) is 0. The smallest absolute Gasteiger partial charge is 0.0215 e. The van der Waals surface area contributed by atoms with E-state index in [2.05, 4.69) is 89.3 Å². The Morgan fingerprint density at radius 2 is 1.35 bits per heavy atom. The number of hydrogen-bond donors (Lipinski definition) is 0. The van der Waals surface area contributed by atoms with Gasteiger partial charge in [-0.15, -0.1) is 0 Å². The highest BCUT2D eigenvalue weighted by Crippen LogP contribution is 2.32. The minimum atomic E-state index is 1.29. The number of benzene rings is 3. The Morgan fingerprint density at radius 1 is 0.647 bits per heavy atom. The molecule has 3 aromatic rings. The first-order valence-electron chi connectivity index (χ1n) is 5.59. The number of rotatable bonds is 1. The fourth-order valence-corrected chi connectivity index (χ4v) is 2.92. The minimum absolute atomic E-state index is 1.29. The summed E-state index contributed by atoms with van der Waals surface area (Å²) in [6.07, 6.45) is 0. The summed E-state index contributed by atoms with van der Waals surface area (Å²) in [7, 11) is 0. The number of halogens is 1. The molecule has 0 radical (unpaired) electrons. The molecular weight excluding hydrogens is 335 g/mol. The van der Waals surface area contributed by atoms with Gasteiger partial charge >= 0.3 is 0 Å². The molecule has 0 saturated carbocycles. The zero-order chi connectivity index (χ0) is 11.7. The summed E-state index contributed by atoms with van der Waals surface area (Å²) in [5, 5.41) is 2.62.